The number of hydrogen-bond donors (Lipinski definition) is 3. The van der Waals surface area contributed by atoms with Gasteiger partial charge in [-0.05, 0) is 35.9 Å². The molecule has 192 valence electrons. The van der Waals surface area contributed by atoms with Crippen LogP contribution in [-0.2, 0) is 21.3 Å². The summed E-state index contributed by atoms with van der Waals surface area (Å²) in [6.45, 7) is 3.96. The summed E-state index contributed by atoms with van der Waals surface area (Å²) in [4.78, 5) is 10.3. The molecule has 1 aromatic carbocycles. The quantitative estimate of drug-likeness (QED) is 0.346. The van der Waals surface area contributed by atoms with E-state index in [2.05, 4.69) is 20.0 Å². The van der Waals surface area contributed by atoms with Crippen LogP contribution < -0.4 is 25.4 Å². The van der Waals surface area contributed by atoms with Crippen LogP contribution in [0.15, 0.2) is 53.7 Å². The van der Waals surface area contributed by atoms with Gasteiger partial charge in [0.2, 0.25) is 5.88 Å². The first-order valence-corrected chi connectivity index (χ1v) is 12.9. The zero-order valence-corrected chi connectivity index (χ0v) is 20.7. The predicted molar refractivity (Wildman–Crippen MR) is 135 cm³/mol. The van der Waals surface area contributed by atoms with Gasteiger partial charge in [0.25, 0.3) is 10.0 Å². The van der Waals surface area contributed by atoms with E-state index in [4.69, 9.17) is 15.2 Å². The molecular weight excluding hydrogens is 487 g/mol. The molecule has 1 aliphatic rings. The average molecular weight is 517 g/mol. The van der Waals surface area contributed by atoms with Crippen LogP contribution in [-0.4, -0.2) is 64.9 Å². The van der Waals surface area contributed by atoms with Gasteiger partial charge < -0.3 is 25.4 Å². The number of nitrogens with two attached hydrogens (primary N) is 1. The van der Waals surface area contributed by atoms with Crippen LogP contribution in [0.5, 0.6) is 5.88 Å². The van der Waals surface area contributed by atoms with Crippen molar-refractivity contribution >= 4 is 21.4 Å². The molecule has 36 heavy (non-hydrogen) atoms. The second-order valence-electron chi connectivity index (χ2n) is 8.12. The number of aromatic nitrogens is 2. The summed E-state index contributed by atoms with van der Waals surface area (Å²) in [6, 6.07) is 9.33. The van der Waals surface area contributed by atoms with Gasteiger partial charge in [0.15, 0.2) is 4.90 Å². The third-order valence-corrected chi connectivity index (χ3v) is 7.01. The highest BCUT2D eigenvalue weighted by Crippen LogP contribution is 2.30. The molecule has 1 aliphatic heterocycles. The lowest BCUT2D eigenvalue weighted by atomic mass is 10.1. The van der Waals surface area contributed by atoms with Gasteiger partial charge >= 0.3 is 0 Å². The van der Waals surface area contributed by atoms with Crippen LogP contribution in [0.4, 0.5) is 15.8 Å². The van der Waals surface area contributed by atoms with Crippen LogP contribution in [0.2, 0.25) is 0 Å². The van der Waals surface area contributed by atoms with E-state index in [0.29, 0.717) is 57.3 Å². The molecule has 1 fully saturated rings. The van der Waals surface area contributed by atoms with Gasteiger partial charge in [0.05, 0.1) is 43.6 Å². The molecular formula is C24H29FN6O4S. The summed E-state index contributed by atoms with van der Waals surface area (Å²) in [7, 11) is -2.72. The summed E-state index contributed by atoms with van der Waals surface area (Å²) in [5, 5.41) is 3.11. The van der Waals surface area contributed by atoms with Crippen molar-refractivity contribution in [2.24, 2.45) is 5.73 Å². The maximum Gasteiger partial charge on any atom is 0.267 e. The fourth-order valence-electron chi connectivity index (χ4n) is 3.82. The monoisotopic (exact) mass is 516 g/mol. The number of sulfonamides is 1. The molecule has 12 heteroatoms. The Balaban J connectivity index is 1.58. The standard InChI is InChI=1S/C24H29FN6O4S/c1-34-24-23(14-19(16-29-24)31-8-10-35-11-9-31)36(32,33)30-18-4-6-28-22(13-18)20-3-2-17(12-21(20)25)15-27-7-5-26/h2-4,6,12-14,16,27H,5,7-11,15,26H2,1H3,(H,28,30). The topological polar surface area (TPSA) is 132 Å². The molecule has 3 heterocycles. The van der Waals surface area contributed by atoms with E-state index in [1.807, 2.05) is 4.90 Å². The highest BCUT2D eigenvalue weighted by Gasteiger charge is 2.24. The second-order valence-corrected chi connectivity index (χ2v) is 9.77. The lowest BCUT2D eigenvalue weighted by Crippen LogP contribution is -2.36. The summed E-state index contributed by atoms with van der Waals surface area (Å²) in [5.74, 6) is -0.489. The minimum atomic E-state index is -4.08. The van der Waals surface area contributed by atoms with Crippen LogP contribution in [0.3, 0.4) is 0 Å². The van der Waals surface area contributed by atoms with Crippen molar-refractivity contribution in [2.45, 2.75) is 11.4 Å². The van der Waals surface area contributed by atoms with Crippen molar-refractivity contribution < 1.29 is 22.3 Å². The number of pyridine rings is 2. The largest absolute Gasteiger partial charge is 0.480 e. The number of morpholine rings is 1. The average Bonchev–Trinajstić information content (AvgIpc) is 2.89. The number of halogens is 1. The number of nitrogens with zero attached hydrogens (tertiary/aromatic N) is 3. The zero-order chi connectivity index (χ0) is 25.5. The third kappa shape index (κ3) is 6.08. The molecule has 0 saturated carbocycles. The van der Waals surface area contributed by atoms with Crippen LogP contribution in [0.25, 0.3) is 11.3 Å². The first-order chi connectivity index (χ1) is 17.4. The SMILES string of the molecule is COc1ncc(N2CCOCC2)cc1S(=O)(=O)Nc1ccnc(-c2ccc(CNCCN)cc2F)c1. The number of anilines is 2. The Bertz CT molecular complexity index is 1300. The highest BCUT2D eigenvalue weighted by molar-refractivity contribution is 7.92. The highest BCUT2D eigenvalue weighted by atomic mass is 32.2. The van der Waals surface area contributed by atoms with E-state index >= 15 is 0 Å². The van der Waals surface area contributed by atoms with E-state index in [9.17, 15) is 12.8 Å². The van der Waals surface area contributed by atoms with Crippen LogP contribution >= 0.6 is 0 Å². The van der Waals surface area contributed by atoms with Crippen molar-refractivity contribution in [1.82, 2.24) is 15.3 Å². The molecule has 0 unspecified atom stereocenters. The molecule has 0 atom stereocenters. The van der Waals surface area contributed by atoms with Crippen molar-refractivity contribution in [3.8, 4) is 17.1 Å². The smallest absolute Gasteiger partial charge is 0.267 e. The van der Waals surface area contributed by atoms with Gasteiger partial charge in [-0.1, -0.05) is 6.07 Å². The Morgan fingerprint density at radius 2 is 1.97 bits per heavy atom. The zero-order valence-electron chi connectivity index (χ0n) is 19.9. The van der Waals surface area contributed by atoms with Crippen molar-refractivity contribution in [3.05, 3.63) is 60.2 Å². The minimum Gasteiger partial charge on any atom is -0.480 e. The fraction of sp³-hybridized carbons (Fsp3) is 0.333. The molecule has 2 aromatic heterocycles. The molecule has 0 bridgehead atoms. The molecule has 0 amide bonds. The predicted octanol–water partition coefficient (Wildman–Crippen LogP) is 1.98. The molecule has 10 nitrogen and oxygen atoms in total. The molecule has 4 rings (SSSR count). The summed E-state index contributed by atoms with van der Waals surface area (Å²) in [6.07, 6.45) is 2.99. The molecule has 4 N–H and O–H groups in total. The lowest BCUT2D eigenvalue weighted by Gasteiger charge is -2.29. The number of methoxy groups -OCH3 is 1. The molecule has 0 spiro atoms. The van der Waals surface area contributed by atoms with E-state index in [1.54, 1.807) is 18.3 Å². The van der Waals surface area contributed by atoms with E-state index in [-0.39, 0.29) is 22.0 Å². The number of benzene rings is 1. The molecule has 3 aromatic rings. The third-order valence-electron chi connectivity index (χ3n) is 5.63. The first kappa shape index (κ1) is 25.8. The van der Waals surface area contributed by atoms with Gasteiger partial charge in [0, 0.05) is 44.5 Å². The van der Waals surface area contributed by atoms with E-state index in [1.165, 1.54) is 37.6 Å². The summed E-state index contributed by atoms with van der Waals surface area (Å²) >= 11 is 0. The lowest BCUT2D eigenvalue weighted by molar-refractivity contribution is 0.122. The Kier molecular flexibility index (Phi) is 8.31. The molecule has 1 saturated heterocycles. The maximum atomic E-state index is 14.8. The van der Waals surface area contributed by atoms with Crippen LogP contribution in [0, 0.1) is 5.82 Å². The van der Waals surface area contributed by atoms with Gasteiger partial charge in [-0.25, -0.2) is 17.8 Å². The first-order valence-electron chi connectivity index (χ1n) is 11.5. The summed E-state index contributed by atoms with van der Waals surface area (Å²) < 4.78 is 54.6. The van der Waals surface area contributed by atoms with Gasteiger partial charge in [-0.2, -0.15) is 0 Å². The Labute approximate surface area is 209 Å². The van der Waals surface area contributed by atoms with E-state index in [0.717, 1.165) is 5.56 Å². The normalized spacial score (nSPS) is 14.0. The molecule has 0 aliphatic carbocycles. The number of nitrogens with one attached hydrogen (secondary N) is 2. The van der Waals surface area contributed by atoms with Crippen LogP contribution in [0.1, 0.15) is 5.56 Å². The van der Waals surface area contributed by atoms with Crippen molar-refractivity contribution in [2.75, 3.05) is 56.1 Å². The van der Waals surface area contributed by atoms with Gasteiger partial charge in [-0.3, -0.25) is 9.71 Å². The Morgan fingerprint density at radius 3 is 2.69 bits per heavy atom. The Morgan fingerprint density at radius 1 is 1.17 bits per heavy atom. The fourth-order valence-corrected chi connectivity index (χ4v) is 5.01. The maximum absolute atomic E-state index is 14.8. The minimum absolute atomic E-state index is 0.0290. The Hall–Kier alpha value is -3.32. The van der Waals surface area contributed by atoms with Crippen molar-refractivity contribution in [3.63, 3.8) is 0 Å². The number of rotatable bonds is 10. The number of ether oxygens (including phenoxy) is 2. The van der Waals surface area contributed by atoms with Gasteiger partial charge in [0.1, 0.15) is 5.82 Å². The number of hydrogen-bond acceptors (Lipinski definition) is 9. The second kappa shape index (κ2) is 11.6. The van der Waals surface area contributed by atoms with E-state index < -0.39 is 15.8 Å². The molecule has 0 radical (unpaired) electrons. The summed E-state index contributed by atoms with van der Waals surface area (Å²) in [5.41, 5.74) is 7.66. The van der Waals surface area contributed by atoms with Crippen molar-refractivity contribution in [1.29, 1.82) is 0 Å². The van der Waals surface area contributed by atoms with Gasteiger partial charge in [-0.15, -0.1) is 0 Å².